The van der Waals surface area contributed by atoms with Crippen LogP contribution in [0.5, 0.6) is 0 Å². The number of hydrogen-bond donors (Lipinski definition) is 3. The van der Waals surface area contributed by atoms with Gasteiger partial charge in [0.1, 0.15) is 6.04 Å². The normalized spacial score (nSPS) is 12.0. The largest absolute Gasteiger partial charge is 0.467 e. The Bertz CT molecular complexity index is 588. The number of nitrogens with one attached hydrogen (secondary N) is 3. The molecule has 1 rings (SSSR count). The molecule has 0 saturated carbocycles. The van der Waals surface area contributed by atoms with Crippen molar-refractivity contribution in [1.29, 1.82) is 0 Å². The fourth-order valence-corrected chi connectivity index (χ4v) is 1.86. The maximum absolute atomic E-state index is 11.9. The summed E-state index contributed by atoms with van der Waals surface area (Å²) in [7, 11) is 1.25. The van der Waals surface area contributed by atoms with E-state index in [2.05, 4.69) is 15.0 Å². The number of aromatic amines is 2. The molecule has 0 aliphatic rings. The summed E-state index contributed by atoms with van der Waals surface area (Å²) in [6, 6.07) is 0.368. The number of H-pyrrole nitrogens is 2. The lowest BCUT2D eigenvalue weighted by atomic mass is 10.0. The third-order valence-corrected chi connectivity index (χ3v) is 2.70. The van der Waals surface area contributed by atoms with Gasteiger partial charge in [-0.05, 0) is 12.3 Å². The fourth-order valence-electron chi connectivity index (χ4n) is 1.86. The van der Waals surface area contributed by atoms with E-state index in [0.717, 1.165) is 6.07 Å². The SMILES string of the molecule is COC(=O)C(CC(C)C)NC(=O)Cc1cc(=O)[nH]c(=O)[nH]1. The second-order valence-electron chi connectivity index (χ2n) is 5.06. The molecule has 0 spiro atoms. The van der Waals surface area contributed by atoms with E-state index in [1.807, 2.05) is 18.8 Å². The molecule has 1 aromatic heterocycles. The van der Waals surface area contributed by atoms with Gasteiger partial charge in [0.15, 0.2) is 0 Å². The molecule has 8 nitrogen and oxygen atoms in total. The van der Waals surface area contributed by atoms with Crippen molar-refractivity contribution in [3.05, 3.63) is 32.6 Å². The van der Waals surface area contributed by atoms with Crippen molar-refractivity contribution >= 4 is 11.9 Å². The maximum atomic E-state index is 11.9. The van der Waals surface area contributed by atoms with Crippen LogP contribution in [0.15, 0.2) is 15.7 Å². The molecule has 1 aromatic rings. The number of amides is 1. The molecule has 8 heteroatoms. The number of aromatic nitrogens is 2. The average molecular weight is 297 g/mol. The molecular formula is C13H19N3O5. The van der Waals surface area contributed by atoms with Crippen molar-refractivity contribution in [1.82, 2.24) is 15.3 Å². The van der Waals surface area contributed by atoms with Crippen LogP contribution >= 0.6 is 0 Å². The van der Waals surface area contributed by atoms with Gasteiger partial charge in [-0.1, -0.05) is 13.8 Å². The molecule has 0 aliphatic heterocycles. The zero-order chi connectivity index (χ0) is 16.0. The van der Waals surface area contributed by atoms with Crippen LogP contribution in [0.1, 0.15) is 26.0 Å². The second-order valence-corrected chi connectivity index (χ2v) is 5.06. The number of hydrogen-bond acceptors (Lipinski definition) is 5. The number of carbonyl (C=O) groups excluding carboxylic acids is 2. The molecule has 3 N–H and O–H groups in total. The molecule has 0 bridgehead atoms. The summed E-state index contributed by atoms with van der Waals surface area (Å²) in [5, 5.41) is 2.54. The molecule has 0 aromatic carbocycles. The van der Waals surface area contributed by atoms with Crippen LogP contribution in [-0.2, 0) is 20.7 Å². The van der Waals surface area contributed by atoms with Crippen molar-refractivity contribution in [2.75, 3.05) is 7.11 Å². The number of carbonyl (C=O) groups is 2. The van der Waals surface area contributed by atoms with Crippen LogP contribution in [0, 0.1) is 5.92 Å². The van der Waals surface area contributed by atoms with Crippen LogP contribution in [-0.4, -0.2) is 35.0 Å². The molecule has 0 aliphatic carbocycles. The minimum absolute atomic E-state index is 0.175. The molecule has 1 amide bonds. The molecule has 116 valence electrons. The number of ether oxygens (including phenoxy) is 1. The topological polar surface area (TPSA) is 121 Å². The third kappa shape index (κ3) is 5.64. The molecule has 21 heavy (non-hydrogen) atoms. The molecular weight excluding hydrogens is 278 g/mol. The predicted molar refractivity (Wildman–Crippen MR) is 74.8 cm³/mol. The summed E-state index contributed by atoms with van der Waals surface area (Å²) < 4.78 is 4.64. The van der Waals surface area contributed by atoms with Crippen molar-refractivity contribution in [3.8, 4) is 0 Å². The van der Waals surface area contributed by atoms with Gasteiger partial charge in [-0.2, -0.15) is 0 Å². The van der Waals surface area contributed by atoms with Gasteiger partial charge < -0.3 is 15.0 Å². The van der Waals surface area contributed by atoms with E-state index >= 15 is 0 Å². The van der Waals surface area contributed by atoms with Crippen LogP contribution in [0.3, 0.4) is 0 Å². The minimum atomic E-state index is -0.754. The molecule has 1 unspecified atom stereocenters. The van der Waals surface area contributed by atoms with Gasteiger partial charge in [0.2, 0.25) is 5.91 Å². The number of rotatable bonds is 6. The lowest BCUT2D eigenvalue weighted by molar-refractivity contribution is -0.145. The van der Waals surface area contributed by atoms with Crippen LogP contribution in [0.25, 0.3) is 0 Å². The number of methoxy groups -OCH3 is 1. The second kappa shape index (κ2) is 7.41. The Hall–Kier alpha value is -2.38. The summed E-state index contributed by atoms with van der Waals surface area (Å²) in [5.74, 6) is -0.822. The first kappa shape index (κ1) is 16.7. The van der Waals surface area contributed by atoms with Crippen molar-refractivity contribution in [2.45, 2.75) is 32.7 Å². The van der Waals surface area contributed by atoms with Gasteiger partial charge in [0.05, 0.1) is 13.5 Å². The monoisotopic (exact) mass is 297 g/mol. The standard InChI is InChI=1S/C13H19N3O5/c1-7(2)4-9(12(19)21-3)15-10(17)5-8-6-11(18)16-13(20)14-8/h6-7,9H,4-5H2,1-3H3,(H,15,17)(H2,14,16,18,20). The minimum Gasteiger partial charge on any atom is -0.467 e. The quantitative estimate of drug-likeness (QED) is 0.600. The highest BCUT2D eigenvalue weighted by atomic mass is 16.5. The lowest BCUT2D eigenvalue weighted by Crippen LogP contribution is -2.43. The van der Waals surface area contributed by atoms with E-state index in [1.54, 1.807) is 0 Å². The lowest BCUT2D eigenvalue weighted by Gasteiger charge is -2.18. The number of esters is 1. The van der Waals surface area contributed by atoms with E-state index in [9.17, 15) is 19.2 Å². The Kier molecular flexibility index (Phi) is 5.89. The summed E-state index contributed by atoms with van der Waals surface area (Å²) in [5.41, 5.74) is -1.10. The van der Waals surface area contributed by atoms with Crippen molar-refractivity contribution in [3.63, 3.8) is 0 Å². The Morgan fingerprint density at radius 2 is 1.95 bits per heavy atom. The maximum Gasteiger partial charge on any atom is 0.328 e. The Balaban J connectivity index is 2.75. The van der Waals surface area contributed by atoms with Crippen molar-refractivity contribution in [2.24, 2.45) is 5.92 Å². The zero-order valence-electron chi connectivity index (χ0n) is 12.2. The van der Waals surface area contributed by atoms with Gasteiger partial charge in [-0.3, -0.25) is 14.6 Å². The Labute approximate surface area is 120 Å². The van der Waals surface area contributed by atoms with Crippen molar-refractivity contribution < 1.29 is 14.3 Å². The predicted octanol–water partition coefficient (Wildman–Crippen LogP) is -0.690. The molecule has 1 atom stereocenters. The first-order valence-corrected chi connectivity index (χ1v) is 6.51. The first-order chi connectivity index (χ1) is 9.81. The molecule has 0 fully saturated rings. The first-order valence-electron chi connectivity index (χ1n) is 6.51. The molecule has 0 radical (unpaired) electrons. The molecule has 0 saturated heterocycles. The van der Waals surface area contributed by atoms with E-state index in [0.29, 0.717) is 6.42 Å². The van der Waals surface area contributed by atoms with Gasteiger partial charge in [-0.15, -0.1) is 0 Å². The van der Waals surface area contributed by atoms with Crippen LogP contribution < -0.4 is 16.6 Å². The van der Waals surface area contributed by atoms with E-state index < -0.39 is 29.2 Å². The third-order valence-electron chi connectivity index (χ3n) is 2.70. The zero-order valence-corrected chi connectivity index (χ0v) is 12.2. The van der Waals surface area contributed by atoms with E-state index in [4.69, 9.17) is 0 Å². The van der Waals surface area contributed by atoms with E-state index in [1.165, 1.54) is 7.11 Å². The Morgan fingerprint density at radius 3 is 2.48 bits per heavy atom. The van der Waals surface area contributed by atoms with Gasteiger partial charge in [0.25, 0.3) is 5.56 Å². The summed E-state index contributed by atoms with van der Waals surface area (Å²) in [6.45, 7) is 3.83. The van der Waals surface area contributed by atoms with Crippen LogP contribution in [0.2, 0.25) is 0 Å². The van der Waals surface area contributed by atoms with Gasteiger partial charge in [-0.25, -0.2) is 9.59 Å². The highest BCUT2D eigenvalue weighted by Crippen LogP contribution is 2.06. The summed E-state index contributed by atoms with van der Waals surface area (Å²) >= 11 is 0. The average Bonchev–Trinajstić information content (AvgIpc) is 2.34. The Morgan fingerprint density at radius 1 is 1.29 bits per heavy atom. The smallest absolute Gasteiger partial charge is 0.328 e. The summed E-state index contributed by atoms with van der Waals surface area (Å²) in [6.07, 6.45) is 0.231. The highest BCUT2D eigenvalue weighted by molar-refractivity contribution is 5.85. The van der Waals surface area contributed by atoms with Gasteiger partial charge >= 0.3 is 11.7 Å². The fraction of sp³-hybridized carbons (Fsp3) is 0.538. The van der Waals surface area contributed by atoms with Gasteiger partial charge in [0, 0.05) is 11.8 Å². The molecule has 1 heterocycles. The van der Waals surface area contributed by atoms with Crippen LogP contribution in [0.4, 0.5) is 0 Å². The van der Waals surface area contributed by atoms with E-state index in [-0.39, 0.29) is 18.0 Å². The summed E-state index contributed by atoms with van der Waals surface area (Å²) in [4.78, 5) is 50.1. The highest BCUT2D eigenvalue weighted by Gasteiger charge is 2.22.